The molecule has 0 aliphatic carbocycles. The lowest BCUT2D eigenvalue weighted by Crippen LogP contribution is -2.40. The van der Waals surface area contributed by atoms with Crippen LogP contribution in [-0.4, -0.2) is 63.0 Å². The molecule has 0 bridgehead atoms. The average molecular weight is 437 g/mol. The Labute approximate surface area is 176 Å². The van der Waals surface area contributed by atoms with Crippen LogP contribution in [0.25, 0.3) is 0 Å². The molecule has 0 saturated carbocycles. The fourth-order valence-corrected chi connectivity index (χ4v) is 4.52. The second-order valence-corrected chi connectivity index (χ2v) is 8.75. The Bertz CT molecular complexity index is 960. The number of hydrogen-bond donors (Lipinski definition) is 0. The molecule has 2 aromatic rings. The van der Waals surface area contributed by atoms with Gasteiger partial charge in [0, 0.05) is 26.2 Å². The van der Waals surface area contributed by atoms with Gasteiger partial charge in [-0.2, -0.15) is 4.31 Å². The van der Waals surface area contributed by atoms with E-state index in [1.165, 1.54) is 40.7 Å². The second kappa shape index (κ2) is 10.0. The maximum absolute atomic E-state index is 13.3. The summed E-state index contributed by atoms with van der Waals surface area (Å²) < 4.78 is 50.7. The lowest BCUT2D eigenvalue weighted by Gasteiger charge is -2.26. The van der Waals surface area contributed by atoms with Gasteiger partial charge in [0.25, 0.3) is 5.91 Å². The normalized spacial score (nSPS) is 15.0. The fourth-order valence-electron chi connectivity index (χ4n) is 3.11. The molecule has 1 aliphatic heterocycles. The van der Waals surface area contributed by atoms with Crippen molar-refractivity contribution in [2.24, 2.45) is 0 Å². The van der Waals surface area contributed by atoms with Crippen LogP contribution in [0.4, 0.5) is 4.39 Å². The molecule has 162 valence electrons. The first-order valence-electron chi connectivity index (χ1n) is 9.73. The Balaban J connectivity index is 1.57. The van der Waals surface area contributed by atoms with Crippen molar-refractivity contribution in [3.63, 3.8) is 0 Å². The first-order valence-corrected chi connectivity index (χ1v) is 11.2. The molecule has 0 N–H and O–H groups in total. The molecular formula is C21H25FN2O5S. The monoisotopic (exact) mass is 436 g/mol. The summed E-state index contributed by atoms with van der Waals surface area (Å²) in [6.07, 6.45) is 0. The van der Waals surface area contributed by atoms with Crippen molar-refractivity contribution in [2.45, 2.75) is 18.4 Å². The Morgan fingerprint density at radius 3 is 2.50 bits per heavy atom. The van der Waals surface area contributed by atoms with Crippen LogP contribution in [0.3, 0.4) is 0 Å². The van der Waals surface area contributed by atoms with Crippen LogP contribution in [0, 0.1) is 5.82 Å². The minimum Gasteiger partial charge on any atom is -0.484 e. The molecule has 1 fully saturated rings. The summed E-state index contributed by atoms with van der Waals surface area (Å²) in [6.45, 7) is 3.79. The third-order valence-electron chi connectivity index (χ3n) is 4.79. The molecule has 1 saturated heterocycles. The number of likely N-dealkylation sites (N-methyl/N-ethyl adjacent to an activating group) is 1. The Kier molecular flexibility index (Phi) is 7.41. The van der Waals surface area contributed by atoms with Crippen LogP contribution >= 0.6 is 0 Å². The molecule has 1 heterocycles. The topological polar surface area (TPSA) is 76.2 Å². The zero-order chi connectivity index (χ0) is 21.6. The third-order valence-corrected chi connectivity index (χ3v) is 6.70. The molecular weight excluding hydrogens is 411 g/mol. The van der Waals surface area contributed by atoms with E-state index in [1.807, 2.05) is 6.92 Å². The van der Waals surface area contributed by atoms with E-state index in [9.17, 15) is 17.6 Å². The standard InChI is InChI=1S/C21H25FN2O5S/c1-2-23(15-17-4-3-5-18(22)14-17)21(25)16-29-19-6-8-20(9-7-19)30(26,27)24-10-12-28-13-11-24/h3-9,14H,2,10-13,15-16H2,1H3. The highest BCUT2D eigenvalue weighted by Crippen LogP contribution is 2.20. The minimum absolute atomic E-state index is 0.171. The minimum atomic E-state index is -3.57. The van der Waals surface area contributed by atoms with E-state index < -0.39 is 10.0 Å². The van der Waals surface area contributed by atoms with Gasteiger partial charge in [-0.25, -0.2) is 12.8 Å². The number of rotatable bonds is 8. The molecule has 9 heteroatoms. The first kappa shape index (κ1) is 22.2. The van der Waals surface area contributed by atoms with Gasteiger partial charge >= 0.3 is 0 Å². The summed E-state index contributed by atoms with van der Waals surface area (Å²) in [6, 6.07) is 12.1. The first-order chi connectivity index (χ1) is 14.4. The zero-order valence-electron chi connectivity index (χ0n) is 16.8. The number of carbonyl (C=O) groups excluding carboxylic acids is 1. The zero-order valence-corrected chi connectivity index (χ0v) is 17.6. The number of morpholine rings is 1. The number of nitrogens with zero attached hydrogens (tertiary/aromatic N) is 2. The summed E-state index contributed by atoms with van der Waals surface area (Å²) in [5.41, 5.74) is 0.697. The van der Waals surface area contributed by atoms with Crippen molar-refractivity contribution in [1.82, 2.24) is 9.21 Å². The molecule has 30 heavy (non-hydrogen) atoms. The number of hydrogen-bond acceptors (Lipinski definition) is 5. The number of sulfonamides is 1. The maximum Gasteiger partial charge on any atom is 0.260 e. The van der Waals surface area contributed by atoms with Crippen LogP contribution in [0.5, 0.6) is 5.75 Å². The maximum atomic E-state index is 13.3. The van der Waals surface area contributed by atoms with E-state index in [0.29, 0.717) is 44.2 Å². The molecule has 0 atom stereocenters. The van der Waals surface area contributed by atoms with Gasteiger partial charge in [0.15, 0.2) is 6.61 Å². The fraction of sp³-hybridized carbons (Fsp3) is 0.381. The highest BCUT2D eigenvalue weighted by atomic mass is 32.2. The van der Waals surface area contributed by atoms with Crippen molar-refractivity contribution < 1.29 is 27.1 Å². The molecule has 3 rings (SSSR count). The van der Waals surface area contributed by atoms with E-state index >= 15 is 0 Å². The van der Waals surface area contributed by atoms with Gasteiger partial charge in [-0.05, 0) is 48.9 Å². The van der Waals surface area contributed by atoms with E-state index in [0.717, 1.165) is 0 Å². The van der Waals surface area contributed by atoms with Crippen LogP contribution in [0.15, 0.2) is 53.4 Å². The summed E-state index contributed by atoms with van der Waals surface area (Å²) in [4.78, 5) is 14.2. The van der Waals surface area contributed by atoms with Gasteiger partial charge in [-0.3, -0.25) is 4.79 Å². The molecule has 0 unspecified atom stereocenters. The Morgan fingerprint density at radius 1 is 1.17 bits per heavy atom. The quantitative estimate of drug-likeness (QED) is 0.635. The Hall–Kier alpha value is -2.49. The Morgan fingerprint density at radius 2 is 1.87 bits per heavy atom. The van der Waals surface area contributed by atoms with Gasteiger partial charge in [0.05, 0.1) is 18.1 Å². The second-order valence-electron chi connectivity index (χ2n) is 6.81. The van der Waals surface area contributed by atoms with Crippen molar-refractivity contribution in [3.05, 3.63) is 59.9 Å². The van der Waals surface area contributed by atoms with Crippen LogP contribution in [0.1, 0.15) is 12.5 Å². The van der Waals surface area contributed by atoms with Crippen LogP contribution < -0.4 is 4.74 Å². The summed E-state index contributed by atoms with van der Waals surface area (Å²) in [5, 5.41) is 0. The molecule has 7 nitrogen and oxygen atoms in total. The van der Waals surface area contributed by atoms with E-state index in [4.69, 9.17) is 9.47 Å². The van der Waals surface area contributed by atoms with E-state index in [-0.39, 0.29) is 29.8 Å². The average Bonchev–Trinajstić information content (AvgIpc) is 2.76. The molecule has 0 radical (unpaired) electrons. The molecule has 0 aromatic heterocycles. The van der Waals surface area contributed by atoms with Gasteiger partial charge < -0.3 is 14.4 Å². The van der Waals surface area contributed by atoms with Gasteiger partial charge in [-0.1, -0.05) is 12.1 Å². The highest BCUT2D eigenvalue weighted by Gasteiger charge is 2.26. The molecule has 2 aromatic carbocycles. The number of benzene rings is 2. The van der Waals surface area contributed by atoms with Gasteiger partial charge in [0.2, 0.25) is 10.0 Å². The summed E-state index contributed by atoms with van der Waals surface area (Å²) >= 11 is 0. The molecule has 1 amide bonds. The summed E-state index contributed by atoms with van der Waals surface area (Å²) in [7, 11) is -3.57. The molecule has 1 aliphatic rings. The largest absolute Gasteiger partial charge is 0.484 e. The smallest absolute Gasteiger partial charge is 0.260 e. The van der Waals surface area contributed by atoms with Crippen molar-refractivity contribution in [2.75, 3.05) is 39.5 Å². The van der Waals surface area contributed by atoms with Gasteiger partial charge in [-0.15, -0.1) is 0 Å². The predicted molar refractivity (Wildman–Crippen MR) is 109 cm³/mol. The summed E-state index contributed by atoms with van der Waals surface area (Å²) in [5.74, 6) is -0.197. The number of amides is 1. The lowest BCUT2D eigenvalue weighted by atomic mass is 10.2. The number of ether oxygens (including phenoxy) is 2. The number of carbonyl (C=O) groups is 1. The van der Waals surface area contributed by atoms with E-state index in [2.05, 4.69) is 0 Å². The SMILES string of the molecule is CCN(Cc1cccc(F)c1)C(=O)COc1ccc(S(=O)(=O)N2CCOCC2)cc1. The van der Waals surface area contributed by atoms with Crippen molar-refractivity contribution in [3.8, 4) is 5.75 Å². The van der Waals surface area contributed by atoms with Crippen molar-refractivity contribution >= 4 is 15.9 Å². The third kappa shape index (κ3) is 5.56. The van der Waals surface area contributed by atoms with Crippen molar-refractivity contribution in [1.29, 1.82) is 0 Å². The van der Waals surface area contributed by atoms with E-state index in [1.54, 1.807) is 17.0 Å². The van der Waals surface area contributed by atoms with Crippen LogP contribution in [0.2, 0.25) is 0 Å². The predicted octanol–water partition coefficient (Wildman–Crippen LogP) is 2.27. The van der Waals surface area contributed by atoms with Gasteiger partial charge in [0.1, 0.15) is 11.6 Å². The number of halogens is 1. The highest BCUT2D eigenvalue weighted by molar-refractivity contribution is 7.89. The molecule has 0 spiro atoms. The lowest BCUT2D eigenvalue weighted by molar-refractivity contribution is -0.133. The van der Waals surface area contributed by atoms with Crippen LogP contribution in [-0.2, 0) is 26.1 Å².